The van der Waals surface area contributed by atoms with Crippen molar-refractivity contribution in [2.24, 2.45) is 0 Å². The molecule has 0 aliphatic carbocycles. The highest BCUT2D eigenvalue weighted by Gasteiger charge is 2.37. The van der Waals surface area contributed by atoms with Crippen LogP contribution in [0.5, 0.6) is 5.75 Å². The second kappa shape index (κ2) is 9.68. The molecule has 0 spiro atoms. The molecule has 0 saturated carbocycles. The maximum Gasteiger partial charge on any atom is 0.416 e. The maximum absolute atomic E-state index is 12.7. The lowest BCUT2D eigenvalue weighted by atomic mass is 10.1. The van der Waals surface area contributed by atoms with E-state index in [0.29, 0.717) is 44.4 Å². The molecule has 148 valence electrons. The molecule has 0 bridgehead atoms. The summed E-state index contributed by atoms with van der Waals surface area (Å²) in [6.45, 7) is 1.99. The van der Waals surface area contributed by atoms with Crippen LogP contribution in [0.25, 0.3) is 0 Å². The lowest BCUT2D eigenvalue weighted by Crippen LogP contribution is -2.11. The highest BCUT2D eigenvalue weighted by atomic mass is 19.4. The van der Waals surface area contributed by atoms with Gasteiger partial charge in [-0.25, -0.2) is 0 Å². The molecule has 0 fully saturated rings. The van der Waals surface area contributed by atoms with Gasteiger partial charge in [-0.15, -0.1) is 0 Å². The normalized spacial score (nSPS) is 12.1. The molecular formula is C17H20F6O3. The van der Waals surface area contributed by atoms with Gasteiger partial charge in [0.25, 0.3) is 0 Å². The van der Waals surface area contributed by atoms with Gasteiger partial charge in [-0.3, -0.25) is 4.79 Å². The zero-order valence-corrected chi connectivity index (χ0v) is 14.2. The number of hydrogen-bond donors (Lipinski definition) is 0. The number of carbonyl (C=O) groups excluding carboxylic acids is 1. The van der Waals surface area contributed by atoms with Gasteiger partial charge in [0, 0.05) is 6.42 Å². The molecule has 3 nitrogen and oxygen atoms in total. The van der Waals surface area contributed by atoms with E-state index in [1.165, 1.54) is 0 Å². The third kappa shape index (κ3) is 7.97. The van der Waals surface area contributed by atoms with E-state index in [1.54, 1.807) is 6.92 Å². The second-order valence-electron chi connectivity index (χ2n) is 5.56. The molecule has 0 atom stereocenters. The van der Waals surface area contributed by atoms with Gasteiger partial charge in [0.1, 0.15) is 5.75 Å². The Morgan fingerprint density at radius 2 is 1.42 bits per heavy atom. The van der Waals surface area contributed by atoms with Gasteiger partial charge in [-0.2, -0.15) is 26.3 Å². The summed E-state index contributed by atoms with van der Waals surface area (Å²) >= 11 is 0. The molecule has 0 N–H and O–H groups in total. The summed E-state index contributed by atoms with van der Waals surface area (Å²) in [5.41, 5.74) is -2.81. The zero-order valence-electron chi connectivity index (χ0n) is 14.2. The molecule has 26 heavy (non-hydrogen) atoms. The lowest BCUT2D eigenvalue weighted by Gasteiger charge is -2.14. The molecule has 0 saturated heterocycles. The average Bonchev–Trinajstić information content (AvgIpc) is 2.52. The van der Waals surface area contributed by atoms with Crippen molar-refractivity contribution in [3.8, 4) is 5.75 Å². The van der Waals surface area contributed by atoms with Crippen LogP contribution in [0.4, 0.5) is 26.3 Å². The molecule has 1 aromatic carbocycles. The summed E-state index contributed by atoms with van der Waals surface area (Å²) in [5.74, 6) is -0.772. The Kier molecular flexibility index (Phi) is 8.23. The van der Waals surface area contributed by atoms with E-state index in [4.69, 9.17) is 9.47 Å². The van der Waals surface area contributed by atoms with Gasteiger partial charge in [-0.05, 0) is 38.0 Å². The third-order valence-electron chi connectivity index (χ3n) is 3.41. The molecule has 0 radical (unpaired) electrons. The van der Waals surface area contributed by atoms with Gasteiger partial charge < -0.3 is 9.47 Å². The van der Waals surface area contributed by atoms with Crippen LogP contribution in [0.2, 0.25) is 0 Å². The van der Waals surface area contributed by atoms with Crippen molar-refractivity contribution in [3.63, 3.8) is 0 Å². The van der Waals surface area contributed by atoms with Crippen LogP contribution in [-0.4, -0.2) is 19.2 Å². The Labute approximate surface area is 147 Å². The van der Waals surface area contributed by atoms with E-state index in [-0.39, 0.29) is 25.1 Å². The molecule has 0 heterocycles. The molecule has 0 aliphatic heterocycles. The van der Waals surface area contributed by atoms with Crippen molar-refractivity contribution in [1.82, 2.24) is 0 Å². The quantitative estimate of drug-likeness (QED) is 0.314. The number of unbranched alkanes of at least 4 members (excludes halogenated alkanes) is 3. The van der Waals surface area contributed by atoms with Crippen LogP contribution in [0, 0.1) is 0 Å². The monoisotopic (exact) mass is 386 g/mol. The summed E-state index contributed by atoms with van der Waals surface area (Å²) in [4.78, 5) is 11.1. The number of halogens is 6. The fourth-order valence-electron chi connectivity index (χ4n) is 2.16. The first-order chi connectivity index (χ1) is 12.0. The molecule has 1 rings (SSSR count). The van der Waals surface area contributed by atoms with Gasteiger partial charge in [-0.1, -0.05) is 12.8 Å². The summed E-state index contributed by atoms with van der Waals surface area (Å²) in [6.07, 6.45) is -7.17. The fraction of sp³-hybridized carbons (Fsp3) is 0.588. The smallest absolute Gasteiger partial charge is 0.416 e. The predicted molar refractivity (Wildman–Crippen MR) is 81.7 cm³/mol. The molecule has 0 aliphatic rings. The highest BCUT2D eigenvalue weighted by Crippen LogP contribution is 2.38. The molecule has 1 aromatic rings. The van der Waals surface area contributed by atoms with E-state index in [1.807, 2.05) is 0 Å². The van der Waals surface area contributed by atoms with Gasteiger partial charge in [0.2, 0.25) is 0 Å². The fourth-order valence-corrected chi connectivity index (χ4v) is 2.16. The number of carbonyl (C=O) groups is 1. The van der Waals surface area contributed by atoms with Gasteiger partial charge >= 0.3 is 18.3 Å². The summed E-state index contributed by atoms with van der Waals surface area (Å²) in [7, 11) is 0. The number of esters is 1. The van der Waals surface area contributed by atoms with Crippen molar-refractivity contribution in [3.05, 3.63) is 29.3 Å². The predicted octanol–water partition coefficient (Wildman–Crippen LogP) is 5.62. The minimum Gasteiger partial charge on any atom is -0.494 e. The number of hydrogen-bond acceptors (Lipinski definition) is 3. The largest absolute Gasteiger partial charge is 0.494 e. The van der Waals surface area contributed by atoms with Gasteiger partial charge in [0.15, 0.2) is 0 Å². The zero-order chi connectivity index (χ0) is 19.8. The minimum atomic E-state index is -4.90. The Hall–Kier alpha value is -1.93. The SMILES string of the molecule is CCOC(=O)CCCCCCOc1cc(C(F)(F)F)cc(C(F)(F)F)c1. The van der Waals surface area contributed by atoms with E-state index >= 15 is 0 Å². The van der Waals surface area contributed by atoms with Crippen molar-refractivity contribution in [1.29, 1.82) is 0 Å². The minimum absolute atomic E-state index is 0.0159. The average molecular weight is 386 g/mol. The van der Waals surface area contributed by atoms with Crippen molar-refractivity contribution in [2.45, 2.75) is 51.4 Å². The Morgan fingerprint density at radius 1 is 0.885 bits per heavy atom. The molecule has 0 amide bonds. The van der Waals surface area contributed by atoms with Crippen LogP contribution in [0.1, 0.15) is 50.2 Å². The van der Waals surface area contributed by atoms with Crippen molar-refractivity contribution < 1.29 is 40.6 Å². The van der Waals surface area contributed by atoms with E-state index in [2.05, 4.69) is 0 Å². The second-order valence-corrected chi connectivity index (χ2v) is 5.56. The standard InChI is InChI=1S/C17H20F6O3/c1-2-25-15(24)7-5-3-4-6-8-26-14-10-12(16(18,19)20)9-13(11-14)17(21,22)23/h9-11H,2-8H2,1H3. The Morgan fingerprint density at radius 3 is 1.92 bits per heavy atom. The van der Waals surface area contributed by atoms with Gasteiger partial charge in [0.05, 0.1) is 24.3 Å². The van der Waals surface area contributed by atoms with Crippen LogP contribution in [0.15, 0.2) is 18.2 Å². The highest BCUT2D eigenvalue weighted by molar-refractivity contribution is 5.69. The topological polar surface area (TPSA) is 35.5 Å². The first kappa shape index (κ1) is 22.1. The third-order valence-corrected chi connectivity index (χ3v) is 3.41. The van der Waals surface area contributed by atoms with E-state index in [0.717, 1.165) is 0 Å². The van der Waals surface area contributed by atoms with E-state index < -0.39 is 29.2 Å². The summed E-state index contributed by atoms with van der Waals surface area (Å²) in [5, 5.41) is 0. The molecular weight excluding hydrogens is 366 g/mol. The van der Waals surface area contributed by atoms with Crippen molar-refractivity contribution >= 4 is 5.97 Å². The number of alkyl halides is 6. The molecule has 0 aromatic heterocycles. The number of rotatable bonds is 9. The number of benzene rings is 1. The van der Waals surface area contributed by atoms with Crippen molar-refractivity contribution in [2.75, 3.05) is 13.2 Å². The molecule has 0 unspecified atom stereocenters. The maximum atomic E-state index is 12.7. The summed E-state index contributed by atoms with van der Waals surface area (Å²) < 4.78 is 86.1. The lowest BCUT2D eigenvalue weighted by molar-refractivity contribution is -0.144. The van der Waals surface area contributed by atoms with E-state index in [9.17, 15) is 31.1 Å². The van der Waals surface area contributed by atoms with Crippen LogP contribution in [-0.2, 0) is 21.9 Å². The Balaban J connectivity index is 2.50. The molecule has 9 heteroatoms. The number of ether oxygens (including phenoxy) is 2. The summed E-state index contributed by atoms with van der Waals surface area (Å²) in [6, 6.07) is 1.16. The first-order valence-corrected chi connectivity index (χ1v) is 8.12. The van der Waals surface area contributed by atoms with Crippen LogP contribution >= 0.6 is 0 Å². The Bertz CT molecular complexity index is 549. The van der Waals surface area contributed by atoms with Crippen LogP contribution < -0.4 is 4.74 Å². The first-order valence-electron chi connectivity index (χ1n) is 8.12. The van der Waals surface area contributed by atoms with Crippen LogP contribution in [0.3, 0.4) is 0 Å².